The van der Waals surface area contributed by atoms with Crippen molar-refractivity contribution in [3.05, 3.63) is 82.5 Å². The average Bonchev–Trinajstić information content (AvgIpc) is 3.49. The highest BCUT2D eigenvalue weighted by Crippen LogP contribution is 2.27. The number of benzene rings is 2. The van der Waals surface area contributed by atoms with Gasteiger partial charge in [-0.05, 0) is 41.8 Å². The maximum Gasteiger partial charge on any atom is 0.340 e. The third-order valence-corrected chi connectivity index (χ3v) is 7.43. The highest BCUT2D eigenvalue weighted by Gasteiger charge is 2.24. The highest BCUT2D eigenvalue weighted by atomic mass is 35.5. The van der Waals surface area contributed by atoms with E-state index in [9.17, 15) is 13.2 Å². The summed E-state index contributed by atoms with van der Waals surface area (Å²) in [5.74, 6) is -0.392. The van der Waals surface area contributed by atoms with Crippen molar-refractivity contribution in [3.63, 3.8) is 0 Å². The predicted octanol–water partition coefficient (Wildman–Crippen LogP) is 4.63. The largest absolute Gasteiger partial charge is 0.452 e. The lowest BCUT2D eigenvalue weighted by atomic mass is 10.2. The van der Waals surface area contributed by atoms with E-state index < -0.39 is 16.0 Å². The molecule has 2 aromatic carbocycles. The summed E-state index contributed by atoms with van der Waals surface area (Å²) < 4.78 is 37.8. The van der Waals surface area contributed by atoms with Crippen molar-refractivity contribution in [2.75, 3.05) is 11.4 Å². The Labute approximate surface area is 193 Å². The van der Waals surface area contributed by atoms with Crippen LogP contribution in [0.2, 0.25) is 5.02 Å². The Morgan fingerprint density at radius 3 is 2.62 bits per heavy atom. The van der Waals surface area contributed by atoms with Gasteiger partial charge < -0.3 is 9.15 Å². The van der Waals surface area contributed by atoms with Gasteiger partial charge in [-0.3, -0.25) is 4.31 Å². The summed E-state index contributed by atoms with van der Waals surface area (Å²) in [5, 5.41) is 9.69. The van der Waals surface area contributed by atoms with Crippen LogP contribution in [0.1, 0.15) is 16.2 Å². The molecule has 0 N–H and O–H groups in total. The second-order valence-corrected chi connectivity index (χ2v) is 9.83. The van der Waals surface area contributed by atoms with Gasteiger partial charge >= 0.3 is 5.97 Å². The van der Waals surface area contributed by atoms with Crippen LogP contribution in [0.25, 0.3) is 10.8 Å². The fraction of sp³-hybridized carbons (Fsp3) is 0.0952. The fourth-order valence-electron chi connectivity index (χ4n) is 2.77. The summed E-state index contributed by atoms with van der Waals surface area (Å²) in [4.78, 5) is 13.3. The van der Waals surface area contributed by atoms with Crippen LogP contribution >= 0.6 is 22.9 Å². The van der Waals surface area contributed by atoms with Crippen LogP contribution < -0.4 is 4.31 Å². The number of para-hydroxylation sites is 1. The van der Waals surface area contributed by atoms with Crippen molar-refractivity contribution in [1.29, 1.82) is 0 Å². The number of rotatable bonds is 7. The first-order valence-corrected chi connectivity index (χ1v) is 11.9. The normalized spacial score (nSPS) is 11.3. The smallest absolute Gasteiger partial charge is 0.340 e. The maximum atomic E-state index is 13.0. The summed E-state index contributed by atoms with van der Waals surface area (Å²) in [6.07, 6.45) is 0. The Kier molecular flexibility index (Phi) is 6.26. The molecular formula is C21H16ClN3O5S2. The van der Waals surface area contributed by atoms with Gasteiger partial charge in [0.15, 0.2) is 6.61 Å². The number of sulfonamides is 1. The number of ether oxygens (including phenoxy) is 1. The Balaban J connectivity index is 1.51. The van der Waals surface area contributed by atoms with Crippen molar-refractivity contribution in [2.24, 2.45) is 0 Å². The van der Waals surface area contributed by atoms with Gasteiger partial charge in [0, 0.05) is 7.05 Å². The molecule has 0 aliphatic carbocycles. The number of esters is 1. The molecule has 0 fully saturated rings. The van der Waals surface area contributed by atoms with Gasteiger partial charge in [-0.15, -0.1) is 21.5 Å². The molecule has 0 saturated heterocycles. The lowest BCUT2D eigenvalue weighted by molar-refractivity contribution is 0.0438. The molecule has 0 aliphatic heterocycles. The average molecular weight is 490 g/mol. The molecule has 0 bridgehead atoms. The van der Waals surface area contributed by atoms with E-state index in [0.717, 1.165) is 9.18 Å². The molecule has 164 valence electrons. The van der Waals surface area contributed by atoms with E-state index in [1.54, 1.807) is 30.3 Å². The van der Waals surface area contributed by atoms with Crippen molar-refractivity contribution in [2.45, 2.75) is 11.5 Å². The summed E-state index contributed by atoms with van der Waals surface area (Å²) in [6, 6.07) is 16.1. The van der Waals surface area contributed by atoms with Crippen molar-refractivity contribution < 1.29 is 22.4 Å². The zero-order valence-electron chi connectivity index (χ0n) is 16.6. The molecule has 4 aromatic rings. The second-order valence-electron chi connectivity index (χ2n) is 6.50. The van der Waals surface area contributed by atoms with Gasteiger partial charge in [-0.2, -0.15) is 0 Å². The van der Waals surface area contributed by atoms with E-state index in [1.165, 1.54) is 36.6 Å². The van der Waals surface area contributed by atoms with Crippen LogP contribution in [-0.4, -0.2) is 31.6 Å². The third-order valence-electron chi connectivity index (χ3n) is 4.46. The molecule has 0 spiro atoms. The van der Waals surface area contributed by atoms with Gasteiger partial charge in [-0.1, -0.05) is 35.9 Å². The van der Waals surface area contributed by atoms with Gasteiger partial charge in [0.1, 0.15) is 0 Å². The van der Waals surface area contributed by atoms with Crippen molar-refractivity contribution >= 4 is 44.6 Å². The van der Waals surface area contributed by atoms with Crippen LogP contribution in [0.15, 0.2) is 75.4 Å². The first-order valence-electron chi connectivity index (χ1n) is 9.23. The van der Waals surface area contributed by atoms with Crippen LogP contribution in [0.4, 0.5) is 5.69 Å². The van der Waals surface area contributed by atoms with Crippen molar-refractivity contribution in [3.8, 4) is 10.8 Å². The molecule has 0 radical (unpaired) electrons. The minimum absolute atomic E-state index is 0.0566. The second kappa shape index (κ2) is 9.11. The van der Waals surface area contributed by atoms with Gasteiger partial charge in [0.2, 0.25) is 0 Å². The third kappa shape index (κ3) is 4.52. The van der Waals surface area contributed by atoms with E-state index >= 15 is 0 Å². The summed E-state index contributed by atoms with van der Waals surface area (Å²) in [5.41, 5.74) is 0.386. The van der Waals surface area contributed by atoms with Gasteiger partial charge in [-0.25, -0.2) is 13.2 Å². The Morgan fingerprint density at radius 2 is 1.91 bits per heavy atom. The molecule has 2 heterocycles. The highest BCUT2D eigenvalue weighted by molar-refractivity contribution is 7.92. The van der Waals surface area contributed by atoms with E-state index in [4.69, 9.17) is 20.8 Å². The summed E-state index contributed by atoms with van der Waals surface area (Å²) in [6.45, 7) is -0.283. The van der Waals surface area contributed by atoms with Crippen LogP contribution in [0.5, 0.6) is 0 Å². The minimum atomic E-state index is -3.93. The van der Waals surface area contributed by atoms with Crippen LogP contribution in [-0.2, 0) is 21.4 Å². The number of nitrogens with zero attached hydrogens (tertiary/aromatic N) is 3. The van der Waals surface area contributed by atoms with Crippen molar-refractivity contribution in [1.82, 2.24) is 10.2 Å². The van der Waals surface area contributed by atoms with E-state index in [1.807, 2.05) is 17.5 Å². The summed E-state index contributed by atoms with van der Waals surface area (Å²) in [7, 11) is -2.50. The molecule has 32 heavy (non-hydrogen) atoms. The monoisotopic (exact) mass is 489 g/mol. The molecule has 0 saturated carbocycles. The topological polar surface area (TPSA) is 103 Å². The Bertz CT molecular complexity index is 1340. The number of halogens is 1. The lowest BCUT2D eigenvalue weighted by Gasteiger charge is -2.20. The lowest BCUT2D eigenvalue weighted by Crippen LogP contribution is -2.26. The van der Waals surface area contributed by atoms with Gasteiger partial charge in [0.25, 0.3) is 21.8 Å². The number of carbonyl (C=O) groups is 1. The molecule has 0 amide bonds. The molecule has 0 atom stereocenters. The molecule has 0 aliphatic rings. The maximum absolute atomic E-state index is 13.0. The Hall–Kier alpha value is -3.21. The first-order chi connectivity index (χ1) is 15.4. The standard InChI is InChI=1S/C21H16ClN3O5S2/c1-25(14-6-3-2-4-7-14)32(27,28)15-9-10-17(22)16(12-15)21(26)29-13-19-23-24-20(30-19)18-8-5-11-31-18/h2-12H,13H2,1H3. The number of hydrogen-bond acceptors (Lipinski definition) is 8. The van der Waals surface area contributed by atoms with E-state index in [0.29, 0.717) is 11.6 Å². The summed E-state index contributed by atoms with van der Waals surface area (Å²) >= 11 is 7.57. The van der Waals surface area contributed by atoms with Crippen LogP contribution in [0, 0.1) is 0 Å². The number of aromatic nitrogens is 2. The van der Waals surface area contributed by atoms with Gasteiger partial charge in [0.05, 0.1) is 26.0 Å². The Morgan fingerprint density at radius 1 is 1.12 bits per heavy atom. The number of hydrogen-bond donors (Lipinski definition) is 0. The predicted molar refractivity (Wildman–Crippen MR) is 120 cm³/mol. The quantitative estimate of drug-likeness (QED) is 0.348. The molecule has 11 heteroatoms. The van der Waals surface area contributed by atoms with Crippen LogP contribution in [0.3, 0.4) is 0 Å². The fourth-order valence-corrected chi connectivity index (χ4v) is 4.83. The number of carbonyl (C=O) groups excluding carboxylic acids is 1. The van der Waals surface area contributed by atoms with E-state index in [-0.39, 0.29) is 28.0 Å². The molecule has 2 aromatic heterocycles. The SMILES string of the molecule is CN(c1ccccc1)S(=O)(=O)c1ccc(Cl)c(C(=O)OCc2nnc(-c3cccs3)o2)c1. The number of anilines is 1. The zero-order chi connectivity index (χ0) is 22.7. The first kappa shape index (κ1) is 22.0. The molecule has 8 nitrogen and oxygen atoms in total. The minimum Gasteiger partial charge on any atom is -0.452 e. The molecular weight excluding hydrogens is 474 g/mol. The molecule has 0 unspecified atom stereocenters. The zero-order valence-corrected chi connectivity index (χ0v) is 19.0. The van der Waals surface area contributed by atoms with E-state index in [2.05, 4.69) is 10.2 Å². The number of thiophene rings is 1. The molecule has 4 rings (SSSR count).